The Morgan fingerprint density at radius 2 is 2.05 bits per heavy atom. The Morgan fingerprint density at radius 1 is 1.32 bits per heavy atom. The molecular formula is C14H16N2O3. The minimum Gasteiger partial charge on any atom is -0.393 e. The van der Waals surface area contributed by atoms with Gasteiger partial charge in [0.1, 0.15) is 0 Å². The zero-order valence-corrected chi connectivity index (χ0v) is 10.6. The van der Waals surface area contributed by atoms with Gasteiger partial charge >= 0.3 is 0 Å². The molecule has 1 fully saturated rings. The van der Waals surface area contributed by atoms with Crippen LogP contribution in [-0.4, -0.2) is 41.0 Å². The van der Waals surface area contributed by atoms with Crippen molar-refractivity contribution < 1.29 is 14.7 Å². The highest BCUT2D eigenvalue weighted by atomic mass is 16.3. The van der Waals surface area contributed by atoms with Crippen molar-refractivity contribution in [3.8, 4) is 0 Å². The number of nitrogens with one attached hydrogen (secondary N) is 1. The number of fused-ring (bicyclic) bond motifs is 1. The number of hydrogen-bond donors (Lipinski definition) is 2. The van der Waals surface area contributed by atoms with Gasteiger partial charge in [0.15, 0.2) is 0 Å². The third-order valence-electron chi connectivity index (χ3n) is 3.73. The van der Waals surface area contributed by atoms with Crippen molar-refractivity contribution in [1.82, 2.24) is 4.90 Å². The van der Waals surface area contributed by atoms with Crippen molar-refractivity contribution in [2.45, 2.75) is 25.4 Å². The SMILES string of the molecule is O=C1Cc2cc(C(=O)N3CCC(O)CC3)ccc2N1. The van der Waals surface area contributed by atoms with E-state index in [1.54, 1.807) is 23.1 Å². The first-order valence-corrected chi connectivity index (χ1v) is 6.53. The van der Waals surface area contributed by atoms with Gasteiger partial charge in [-0.05, 0) is 36.6 Å². The smallest absolute Gasteiger partial charge is 0.253 e. The van der Waals surface area contributed by atoms with Crippen LogP contribution in [-0.2, 0) is 11.2 Å². The van der Waals surface area contributed by atoms with Crippen molar-refractivity contribution in [1.29, 1.82) is 0 Å². The molecular weight excluding hydrogens is 244 g/mol. The first-order chi connectivity index (χ1) is 9.13. The van der Waals surface area contributed by atoms with Crippen molar-refractivity contribution in [2.24, 2.45) is 0 Å². The fraction of sp³-hybridized carbons (Fsp3) is 0.429. The number of carbonyl (C=O) groups excluding carboxylic acids is 2. The molecule has 1 aromatic rings. The Hall–Kier alpha value is -1.88. The summed E-state index contributed by atoms with van der Waals surface area (Å²) >= 11 is 0. The normalized spacial score (nSPS) is 19.2. The van der Waals surface area contributed by atoms with Gasteiger partial charge in [0.2, 0.25) is 5.91 Å². The number of anilines is 1. The van der Waals surface area contributed by atoms with Gasteiger partial charge < -0.3 is 15.3 Å². The summed E-state index contributed by atoms with van der Waals surface area (Å²) in [6.45, 7) is 1.18. The molecule has 0 bridgehead atoms. The lowest BCUT2D eigenvalue weighted by Gasteiger charge is -2.29. The molecule has 0 spiro atoms. The molecule has 5 heteroatoms. The van der Waals surface area contributed by atoms with E-state index in [0.29, 0.717) is 37.9 Å². The van der Waals surface area contributed by atoms with Gasteiger partial charge in [0.25, 0.3) is 5.91 Å². The molecule has 19 heavy (non-hydrogen) atoms. The van der Waals surface area contributed by atoms with Gasteiger partial charge in [0, 0.05) is 24.3 Å². The number of carbonyl (C=O) groups is 2. The minimum absolute atomic E-state index is 0.0194. The maximum absolute atomic E-state index is 12.3. The number of rotatable bonds is 1. The lowest BCUT2D eigenvalue weighted by molar-refractivity contribution is -0.115. The summed E-state index contributed by atoms with van der Waals surface area (Å²) in [5.41, 5.74) is 2.30. The lowest BCUT2D eigenvalue weighted by atomic mass is 10.0. The number of amides is 2. The van der Waals surface area contributed by atoms with Crippen LogP contribution in [0.1, 0.15) is 28.8 Å². The van der Waals surface area contributed by atoms with Crippen molar-refractivity contribution in [3.05, 3.63) is 29.3 Å². The molecule has 2 N–H and O–H groups in total. The van der Waals surface area contributed by atoms with E-state index in [2.05, 4.69) is 5.32 Å². The maximum atomic E-state index is 12.3. The van der Waals surface area contributed by atoms with Crippen LogP contribution in [0.4, 0.5) is 5.69 Å². The number of benzene rings is 1. The molecule has 0 radical (unpaired) electrons. The number of piperidine rings is 1. The van der Waals surface area contributed by atoms with Gasteiger partial charge in [-0.15, -0.1) is 0 Å². The summed E-state index contributed by atoms with van der Waals surface area (Å²) in [7, 11) is 0. The maximum Gasteiger partial charge on any atom is 0.253 e. The molecule has 0 aliphatic carbocycles. The molecule has 0 aromatic heterocycles. The van der Waals surface area contributed by atoms with Crippen LogP contribution in [0.25, 0.3) is 0 Å². The van der Waals surface area contributed by atoms with Crippen molar-refractivity contribution in [3.63, 3.8) is 0 Å². The highest BCUT2D eigenvalue weighted by Gasteiger charge is 2.24. The summed E-state index contributed by atoms with van der Waals surface area (Å²) in [6.07, 6.45) is 1.33. The minimum atomic E-state index is -0.286. The Kier molecular flexibility index (Phi) is 2.98. The van der Waals surface area contributed by atoms with E-state index in [-0.39, 0.29) is 17.9 Å². The number of hydrogen-bond acceptors (Lipinski definition) is 3. The molecule has 2 heterocycles. The Labute approximate surface area is 111 Å². The van der Waals surface area contributed by atoms with Crippen LogP contribution >= 0.6 is 0 Å². The zero-order valence-electron chi connectivity index (χ0n) is 10.6. The van der Waals surface area contributed by atoms with Gasteiger partial charge in [-0.3, -0.25) is 9.59 Å². The summed E-state index contributed by atoms with van der Waals surface area (Å²) in [5, 5.41) is 12.2. The van der Waals surface area contributed by atoms with E-state index < -0.39 is 0 Å². The quantitative estimate of drug-likeness (QED) is 0.784. The number of aliphatic hydroxyl groups is 1. The molecule has 3 rings (SSSR count). The molecule has 100 valence electrons. The molecule has 2 aliphatic heterocycles. The number of nitrogens with zero attached hydrogens (tertiary/aromatic N) is 1. The Balaban J connectivity index is 1.77. The first-order valence-electron chi connectivity index (χ1n) is 6.53. The average molecular weight is 260 g/mol. The van der Waals surface area contributed by atoms with Crippen molar-refractivity contribution >= 4 is 17.5 Å². The third-order valence-corrected chi connectivity index (χ3v) is 3.73. The fourth-order valence-electron chi connectivity index (χ4n) is 2.61. The molecule has 1 saturated heterocycles. The molecule has 2 amide bonds. The predicted octanol–water partition coefficient (Wildman–Crippen LogP) is 0.778. The van der Waals surface area contributed by atoms with Gasteiger partial charge in [0.05, 0.1) is 12.5 Å². The van der Waals surface area contributed by atoms with E-state index in [1.807, 2.05) is 0 Å². The second-order valence-corrected chi connectivity index (χ2v) is 5.12. The zero-order chi connectivity index (χ0) is 13.4. The molecule has 5 nitrogen and oxygen atoms in total. The van der Waals surface area contributed by atoms with Crippen LogP contribution in [0.5, 0.6) is 0 Å². The number of likely N-dealkylation sites (tertiary alicyclic amines) is 1. The highest BCUT2D eigenvalue weighted by molar-refractivity contribution is 6.01. The molecule has 2 aliphatic rings. The molecule has 0 saturated carbocycles. The Bertz CT molecular complexity index is 533. The summed E-state index contributed by atoms with van der Waals surface area (Å²) in [4.78, 5) is 25.4. The van der Waals surface area contributed by atoms with Crippen LogP contribution in [0, 0.1) is 0 Å². The number of aliphatic hydroxyl groups excluding tert-OH is 1. The fourth-order valence-corrected chi connectivity index (χ4v) is 2.61. The van der Waals surface area contributed by atoms with Crippen LogP contribution < -0.4 is 5.32 Å². The highest BCUT2D eigenvalue weighted by Crippen LogP contribution is 2.25. The summed E-state index contributed by atoms with van der Waals surface area (Å²) in [5.74, 6) is -0.0465. The average Bonchev–Trinajstić information content (AvgIpc) is 2.77. The third kappa shape index (κ3) is 2.33. The Morgan fingerprint density at radius 3 is 2.79 bits per heavy atom. The van der Waals surface area contributed by atoms with Gasteiger partial charge in [-0.2, -0.15) is 0 Å². The molecule has 1 aromatic carbocycles. The van der Waals surface area contributed by atoms with Crippen molar-refractivity contribution in [2.75, 3.05) is 18.4 Å². The van der Waals surface area contributed by atoms with Crippen LogP contribution in [0.3, 0.4) is 0 Å². The standard InChI is InChI=1S/C14H16N2O3/c17-11-3-5-16(6-4-11)14(19)9-1-2-12-10(7-9)8-13(18)15-12/h1-2,7,11,17H,3-6,8H2,(H,15,18). The van der Waals surface area contributed by atoms with E-state index in [4.69, 9.17) is 0 Å². The van der Waals surface area contributed by atoms with E-state index in [0.717, 1.165) is 11.3 Å². The largest absolute Gasteiger partial charge is 0.393 e. The first kappa shape index (κ1) is 12.2. The topological polar surface area (TPSA) is 69.6 Å². The predicted molar refractivity (Wildman–Crippen MR) is 69.9 cm³/mol. The van der Waals surface area contributed by atoms with E-state index in [9.17, 15) is 14.7 Å². The molecule has 0 atom stereocenters. The van der Waals surface area contributed by atoms with Crippen LogP contribution in [0.2, 0.25) is 0 Å². The second kappa shape index (κ2) is 4.66. The lowest BCUT2D eigenvalue weighted by Crippen LogP contribution is -2.40. The van der Waals surface area contributed by atoms with Gasteiger partial charge in [-0.25, -0.2) is 0 Å². The van der Waals surface area contributed by atoms with Crippen LogP contribution in [0.15, 0.2) is 18.2 Å². The second-order valence-electron chi connectivity index (χ2n) is 5.12. The van der Waals surface area contributed by atoms with E-state index in [1.165, 1.54) is 0 Å². The summed E-state index contributed by atoms with van der Waals surface area (Å²) < 4.78 is 0. The van der Waals surface area contributed by atoms with E-state index >= 15 is 0 Å². The monoisotopic (exact) mass is 260 g/mol. The molecule has 0 unspecified atom stereocenters. The summed E-state index contributed by atoms with van der Waals surface area (Å²) in [6, 6.07) is 5.32. The van der Waals surface area contributed by atoms with Gasteiger partial charge in [-0.1, -0.05) is 0 Å².